The fourth-order valence-corrected chi connectivity index (χ4v) is 2.63. The Balaban J connectivity index is 2.03. The van der Waals surface area contributed by atoms with Gasteiger partial charge in [-0.05, 0) is 25.1 Å². The van der Waals surface area contributed by atoms with Gasteiger partial charge in [0.15, 0.2) is 0 Å². The minimum Gasteiger partial charge on any atom is -0.311 e. The summed E-state index contributed by atoms with van der Waals surface area (Å²) in [5, 5.41) is 7.67. The molecule has 3 nitrogen and oxygen atoms in total. The van der Waals surface area contributed by atoms with Crippen molar-refractivity contribution in [2.45, 2.75) is 19.1 Å². The highest BCUT2D eigenvalue weighted by atomic mass is 19.4. The largest absolute Gasteiger partial charge is 0.416 e. The van der Waals surface area contributed by atoms with Crippen LogP contribution in [0.1, 0.15) is 16.8 Å². The van der Waals surface area contributed by atoms with E-state index in [1.165, 1.54) is 12.1 Å². The number of halogens is 3. The molecule has 0 aliphatic carbocycles. The summed E-state index contributed by atoms with van der Waals surface area (Å²) in [5.41, 5.74) is 3.17. The molecule has 0 atom stereocenters. The van der Waals surface area contributed by atoms with Crippen LogP contribution >= 0.6 is 0 Å². The number of aryl methyl sites for hydroxylation is 1. The molecule has 0 bridgehead atoms. The summed E-state index contributed by atoms with van der Waals surface area (Å²) in [4.78, 5) is 0. The van der Waals surface area contributed by atoms with E-state index in [-0.39, 0.29) is 0 Å². The number of nitrogens with one attached hydrogen (secondary N) is 1. The van der Waals surface area contributed by atoms with Crippen LogP contribution in [0, 0.1) is 0 Å². The number of aromatic nitrogens is 2. The Labute approximate surface area is 114 Å². The molecule has 1 N–H and O–H groups in total. The first kappa shape index (κ1) is 13.2. The Kier molecular flexibility index (Phi) is 3.05. The number of benzene rings is 1. The molecule has 0 saturated carbocycles. The lowest BCUT2D eigenvalue weighted by atomic mass is 10.00. The summed E-state index contributed by atoms with van der Waals surface area (Å²) in [6, 6.07) is 5.27. The maximum absolute atomic E-state index is 12.6. The fourth-order valence-electron chi connectivity index (χ4n) is 2.63. The van der Waals surface area contributed by atoms with Crippen molar-refractivity contribution in [2.24, 2.45) is 7.05 Å². The normalized spacial score (nSPS) is 15.2. The van der Waals surface area contributed by atoms with Crippen molar-refractivity contribution in [2.75, 3.05) is 6.54 Å². The zero-order chi connectivity index (χ0) is 14.3. The second-order valence-corrected chi connectivity index (χ2v) is 4.90. The lowest BCUT2D eigenvalue weighted by molar-refractivity contribution is -0.137. The van der Waals surface area contributed by atoms with Crippen LogP contribution in [0.25, 0.3) is 11.3 Å². The predicted molar refractivity (Wildman–Crippen MR) is 69.1 cm³/mol. The SMILES string of the molecule is Cn1nc2c(c1-c1ccc(C(F)(F)F)cc1)CCNC2. The van der Waals surface area contributed by atoms with Gasteiger partial charge in [-0.3, -0.25) is 4.68 Å². The molecule has 1 aliphatic rings. The van der Waals surface area contributed by atoms with Crippen LogP contribution in [-0.2, 0) is 26.2 Å². The molecule has 0 fully saturated rings. The Hall–Kier alpha value is -1.82. The molecule has 0 saturated heterocycles. The van der Waals surface area contributed by atoms with Gasteiger partial charge in [-0.15, -0.1) is 0 Å². The quantitative estimate of drug-likeness (QED) is 0.871. The molecule has 2 heterocycles. The minimum atomic E-state index is -4.30. The lowest BCUT2D eigenvalue weighted by Gasteiger charge is -2.13. The highest BCUT2D eigenvalue weighted by molar-refractivity contribution is 5.65. The molecule has 0 unspecified atom stereocenters. The van der Waals surface area contributed by atoms with Gasteiger partial charge in [-0.1, -0.05) is 12.1 Å². The number of fused-ring (bicyclic) bond motifs is 1. The van der Waals surface area contributed by atoms with Gasteiger partial charge in [0.1, 0.15) is 0 Å². The van der Waals surface area contributed by atoms with Crippen molar-refractivity contribution in [1.29, 1.82) is 0 Å². The van der Waals surface area contributed by atoms with Crippen molar-refractivity contribution in [3.05, 3.63) is 41.1 Å². The maximum atomic E-state index is 12.6. The first-order valence-electron chi connectivity index (χ1n) is 6.40. The third-order valence-corrected chi connectivity index (χ3v) is 3.56. The van der Waals surface area contributed by atoms with Crippen LogP contribution in [0.15, 0.2) is 24.3 Å². The van der Waals surface area contributed by atoms with E-state index < -0.39 is 11.7 Å². The van der Waals surface area contributed by atoms with Crippen molar-refractivity contribution < 1.29 is 13.2 Å². The van der Waals surface area contributed by atoms with Gasteiger partial charge < -0.3 is 5.32 Å². The molecule has 1 aromatic carbocycles. The standard InChI is InChI=1S/C14H14F3N3/c1-20-13(11-6-7-18-8-12(11)19-20)9-2-4-10(5-3-9)14(15,16)17/h2-5,18H,6-8H2,1H3. The summed E-state index contributed by atoms with van der Waals surface area (Å²) >= 11 is 0. The van der Waals surface area contributed by atoms with Crippen LogP contribution < -0.4 is 5.32 Å². The average Bonchev–Trinajstić information content (AvgIpc) is 2.73. The third kappa shape index (κ3) is 2.20. The van der Waals surface area contributed by atoms with Crippen LogP contribution in [0.2, 0.25) is 0 Å². The second-order valence-electron chi connectivity index (χ2n) is 4.90. The highest BCUT2D eigenvalue weighted by Crippen LogP contribution is 2.32. The molecule has 0 amide bonds. The van der Waals surface area contributed by atoms with E-state index in [9.17, 15) is 13.2 Å². The second kappa shape index (κ2) is 4.63. The molecule has 6 heteroatoms. The van der Waals surface area contributed by atoms with E-state index in [2.05, 4.69) is 10.4 Å². The Bertz CT molecular complexity index is 626. The molecule has 0 radical (unpaired) electrons. The predicted octanol–water partition coefficient (Wildman–Crippen LogP) is 2.75. The van der Waals surface area contributed by atoms with Crippen molar-refractivity contribution >= 4 is 0 Å². The summed E-state index contributed by atoms with van der Waals surface area (Å²) in [7, 11) is 1.82. The highest BCUT2D eigenvalue weighted by Gasteiger charge is 2.30. The maximum Gasteiger partial charge on any atom is 0.416 e. The van der Waals surface area contributed by atoms with Gasteiger partial charge in [0.05, 0.1) is 17.0 Å². The number of alkyl halides is 3. The monoisotopic (exact) mass is 281 g/mol. The summed E-state index contributed by atoms with van der Waals surface area (Å²) in [5.74, 6) is 0. The topological polar surface area (TPSA) is 29.9 Å². The molecule has 3 rings (SSSR count). The van der Waals surface area contributed by atoms with E-state index in [1.807, 2.05) is 7.05 Å². The van der Waals surface area contributed by atoms with E-state index in [4.69, 9.17) is 0 Å². The smallest absolute Gasteiger partial charge is 0.311 e. The zero-order valence-electron chi connectivity index (χ0n) is 11.0. The number of rotatable bonds is 1. The van der Waals surface area contributed by atoms with E-state index in [0.717, 1.165) is 47.6 Å². The average molecular weight is 281 g/mol. The van der Waals surface area contributed by atoms with E-state index >= 15 is 0 Å². The van der Waals surface area contributed by atoms with Gasteiger partial charge in [0.25, 0.3) is 0 Å². The summed E-state index contributed by atoms with van der Waals surface area (Å²) in [6.07, 6.45) is -3.45. The molecule has 20 heavy (non-hydrogen) atoms. The molecule has 1 aliphatic heterocycles. The molecule has 2 aromatic rings. The van der Waals surface area contributed by atoms with Crippen molar-refractivity contribution in [3.8, 4) is 11.3 Å². The van der Waals surface area contributed by atoms with Gasteiger partial charge >= 0.3 is 6.18 Å². The van der Waals surface area contributed by atoms with Gasteiger partial charge in [0, 0.05) is 24.7 Å². The fraction of sp³-hybridized carbons (Fsp3) is 0.357. The van der Waals surface area contributed by atoms with Crippen LogP contribution in [0.5, 0.6) is 0 Å². The molecule has 0 spiro atoms. The van der Waals surface area contributed by atoms with Crippen LogP contribution in [-0.4, -0.2) is 16.3 Å². The van der Waals surface area contributed by atoms with E-state index in [1.54, 1.807) is 4.68 Å². The van der Waals surface area contributed by atoms with Crippen LogP contribution in [0.4, 0.5) is 13.2 Å². The first-order valence-corrected chi connectivity index (χ1v) is 6.40. The van der Waals surface area contributed by atoms with Gasteiger partial charge in [-0.25, -0.2) is 0 Å². The van der Waals surface area contributed by atoms with Gasteiger partial charge in [-0.2, -0.15) is 18.3 Å². The molecule has 1 aromatic heterocycles. The Morgan fingerprint density at radius 3 is 2.55 bits per heavy atom. The third-order valence-electron chi connectivity index (χ3n) is 3.56. The number of hydrogen-bond acceptors (Lipinski definition) is 2. The van der Waals surface area contributed by atoms with Crippen LogP contribution in [0.3, 0.4) is 0 Å². The summed E-state index contributed by atoms with van der Waals surface area (Å²) in [6.45, 7) is 1.58. The minimum absolute atomic E-state index is 0.626. The molecular weight excluding hydrogens is 267 g/mol. The van der Waals surface area contributed by atoms with Gasteiger partial charge in [0.2, 0.25) is 0 Å². The summed E-state index contributed by atoms with van der Waals surface area (Å²) < 4.78 is 39.5. The van der Waals surface area contributed by atoms with Crippen molar-refractivity contribution in [1.82, 2.24) is 15.1 Å². The molecule has 106 valence electrons. The Morgan fingerprint density at radius 1 is 1.20 bits per heavy atom. The lowest BCUT2D eigenvalue weighted by Crippen LogP contribution is -2.23. The first-order chi connectivity index (χ1) is 9.47. The zero-order valence-corrected chi connectivity index (χ0v) is 11.0. The Morgan fingerprint density at radius 2 is 1.90 bits per heavy atom. The van der Waals surface area contributed by atoms with Crippen molar-refractivity contribution in [3.63, 3.8) is 0 Å². The number of hydrogen-bond donors (Lipinski definition) is 1. The number of nitrogens with zero attached hydrogens (tertiary/aromatic N) is 2. The van der Waals surface area contributed by atoms with E-state index in [0.29, 0.717) is 6.54 Å². The molecular formula is C14H14F3N3.